The number of rotatable bonds is 6. The molecular weight excluding hydrogens is 252 g/mol. The Morgan fingerprint density at radius 1 is 1.30 bits per heavy atom. The van der Waals surface area contributed by atoms with Crippen molar-refractivity contribution in [2.24, 2.45) is 0 Å². The third-order valence-electron chi connectivity index (χ3n) is 3.68. The van der Waals surface area contributed by atoms with Crippen LogP contribution in [0.15, 0.2) is 30.3 Å². The average Bonchev–Trinajstić information content (AvgIpc) is 2.52. The lowest BCUT2D eigenvalue weighted by atomic mass is 10.1. The van der Waals surface area contributed by atoms with Gasteiger partial charge >= 0.3 is 0 Å². The monoisotopic (exact) mass is 276 g/mol. The summed E-state index contributed by atoms with van der Waals surface area (Å²) >= 11 is 0. The van der Waals surface area contributed by atoms with Gasteiger partial charge in [0, 0.05) is 13.1 Å². The first kappa shape index (κ1) is 15.0. The van der Waals surface area contributed by atoms with Gasteiger partial charge in [-0.25, -0.2) is 0 Å². The summed E-state index contributed by atoms with van der Waals surface area (Å²) in [6.45, 7) is 5.55. The Morgan fingerprint density at radius 3 is 2.65 bits per heavy atom. The summed E-state index contributed by atoms with van der Waals surface area (Å²) in [5.74, 6) is 0.0786. The van der Waals surface area contributed by atoms with Crippen molar-refractivity contribution in [3.63, 3.8) is 0 Å². The average molecular weight is 276 g/mol. The maximum absolute atomic E-state index is 12.2. The highest BCUT2D eigenvalue weighted by molar-refractivity contribution is 5.77. The van der Waals surface area contributed by atoms with Crippen LogP contribution in [0.5, 0.6) is 0 Å². The van der Waals surface area contributed by atoms with Crippen LogP contribution in [0, 0.1) is 0 Å². The molecule has 1 N–H and O–H groups in total. The zero-order valence-corrected chi connectivity index (χ0v) is 12.2. The minimum atomic E-state index is 0.0786. The van der Waals surface area contributed by atoms with Gasteiger partial charge in [0.2, 0.25) is 5.91 Å². The molecule has 2 rings (SSSR count). The van der Waals surface area contributed by atoms with Gasteiger partial charge in [0.1, 0.15) is 6.61 Å². The smallest absolute Gasteiger partial charge is 0.248 e. The summed E-state index contributed by atoms with van der Waals surface area (Å²) < 4.78 is 5.73. The van der Waals surface area contributed by atoms with Crippen LogP contribution in [0.25, 0.3) is 0 Å². The second-order valence-corrected chi connectivity index (χ2v) is 5.15. The molecule has 0 spiro atoms. The van der Waals surface area contributed by atoms with Crippen LogP contribution < -0.4 is 5.32 Å². The van der Waals surface area contributed by atoms with Crippen LogP contribution in [0.3, 0.4) is 0 Å². The molecule has 1 aromatic rings. The van der Waals surface area contributed by atoms with Crippen LogP contribution >= 0.6 is 0 Å². The predicted molar refractivity (Wildman–Crippen MR) is 79.4 cm³/mol. The number of nitrogens with zero attached hydrogens (tertiary/aromatic N) is 1. The number of likely N-dealkylation sites (N-methyl/N-ethyl adjacent to an activating group) is 1. The maximum atomic E-state index is 12.2. The fourth-order valence-corrected chi connectivity index (χ4v) is 2.42. The van der Waals surface area contributed by atoms with Gasteiger partial charge in [-0.15, -0.1) is 0 Å². The first-order valence-corrected chi connectivity index (χ1v) is 7.43. The molecule has 0 atom stereocenters. The lowest BCUT2D eigenvalue weighted by Gasteiger charge is -2.25. The van der Waals surface area contributed by atoms with Crippen molar-refractivity contribution in [1.82, 2.24) is 10.2 Å². The van der Waals surface area contributed by atoms with Crippen LogP contribution in [0.1, 0.15) is 25.3 Å². The molecule has 1 aromatic carbocycles. The molecule has 0 radical (unpaired) electrons. The van der Waals surface area contributed by atoms with E-state index in [4.69, 9.17) is 4.74 Å². The van der Waals surface area contributed by atoms with Gasteiger partial charge in [-0.1, -0.05) is 30.3 Å². The molecule has 0 saturated carbocycles. The maximum Gasteiger partial charge on any atom is 0.248 e. The van der Waals surface area contributed by atoms with E-state index < -0.39 is 0 Å². The highest BCUT2D eigenvalue weighted by Gasteiger charge is 2.17. The van der Waals surface area contributed by atoms with Crippen molar-refractivity contribution < 1.29 is 9.53 Å². The van der Waals surface area contributed by atoms with Gasteiger partial charge in [0.05, 0.1) is 6.10 Å². The number of hydrogen-bond acceptors (Lipinski definition) is 3. The van der Waals surface area contributed by atoms with Gasteiger partial charge in [-0.2, -0.15) is 0 Å². The quantitative estimate of drug-likeness (QED) is 0.861. The molecule has 0 aliphatic carbocycles. The fraction of sp³-hybridized carbons (Fsp3) is 0.562. The Hall–Kier alpha value is -1.39. The van der Waals surface area contributed by atoms with E-state index in [1.54, 1.807) is 0 Å². The molecule has 1 saturated heterocycles. The Kier molecular flexibility index (Phi) is 6.02. The van der Waals surface area contributed by atoms with E-state index in [9.17, 15) is 4.79 Å². The van der Waals surface area contributed by atoms with E-state index in [1.165, 1.54) is 0 Å². The zero-order valence-electron chi connectivity index (χ0n) is 12.2. The van der Waals surface area contributed by atoms with Gasteiger partial charge in [0.15, 0.2) is 0 Å². The number of ether oxygens (including phenoxy) is 1. The first-order chi connectivity index (χ1) is 9.79. The first-order valence-electron chi connectivity index (χ1n) is 7.43. The lowest BCUT2D eigenvalue weighted by Crippen LogP contribution is -2.37. The highest BCUT2D eigenvalue weighted by atomic mass is 16.5. The topological polar surface area (TPSA) is 41.6 Å². The second kappa shape index (κ2) is 8.02. The minimum Gasteiger partial charge on any atom is -0.368 e. The molecule has 1 aliphatic heterocycles. The molecular formula is C16H24N2O2. The third-order valence-corrected chi connectivity index (χ3v) is 3.68. The molecule has 0 bridgehead atoms. The summed E-state index contributed by atoms with van der Waals surface area (Å²) in [5.41, 5.74) is 1.16. The number of carbonyl (C=O) groups is 1. The molecule has 4 heteroatoms. The fourth-order valence-electron chi connectivity index (χ4n) is 2.42. The summed E-state index contributed by atoms with van der Waals surface area (Å²) in [6, 6.07) is 10.1. The standard InChI is InChI=1S/C16H24N2O2/c1-2-18(12-14-6-4-3-5-7-14)16(19)13-20-15-8-10-17-11-9-15/h3-7,15,17H,2,8-13H2,1H3. The summed E-state index contributed by atoms with van der Waals surface area (Å²) in [7, 11) is 0. The molecule has 4 nitrogen and oxygen atoms in total. The molecule has 0 unspecified atom stereocenters. The van der Waals surface area contributed by atoms with Crippen molar-refractivity contribution in [2.45, 2.75) is 32.4 Å². The Morgan fingerprint density at radius 2 is 2.00 bits per heavy atom. The van der Waals surface area contributed by atoms with Crippen molar-refractivity contribution in [1.29, 1.82) is 0 Å². The van der Waals surface area contributed by atoms with Crippen LogP contribution in [0.4, 0.5) is 0 Å². The van der Waals surface area contributed by atoms with E-state index in [1.807, 2.05) is 42.2 Å². The van der Waals surface area contributed by atoms with E-state index in [2.05, 4.69) is 5.32 Å². The van der Waals surface area contributed by atoms with Gasteiger partial charge < -0.3 is 15.0 Å². The highest BCUT2D eigenvalue weighted by Crippen LogP contribution is 2.09. The number of carbonyl (C=O) groups excluding carboxylic acids is 1. The van der Waals surface area contributed by atoms with Crippen molar-refractivity contribution >= 4 is 5.91 Å². The van der Waals surface area contributed by atoms with Gasteiger partial charge in [-0.3, -0.25) is 4.79 Å². The molecule has 0 aromatic heterocycles. The zero-order chi connectivity index (χ0) is 14.2. The van der Waals surface area contributed by atoms with Gasteiger partial charge in [-0.05, 0) is 38.4 Å². The number of piperidine rings is 1. The number of benzene rings is 1. The SMILES string of the molecule is CCN(Cc1ccccc1)C(=O)COC1CCNCC1. The second-order valence-electron chi connectivity index (χ2n) is 5.15. The number of nitrogens with one attached hydrogen (secondary N) is 1. The third kappa shape index (κ3) is 4.62. The molecule has 110 valence electrons. The van der Waals surface area contributed by atoms with Crippen LogP contribution in [-0.2, 0) is 16.1 Å². The van der Waals surface area contributed by atoms with Crippen LogP contribution in [0.2, 0.25) is 0 Å². The molecule has 1 heterocycles. The predicted octanol–water partition coefficient (Wildman–Crippen LogP) is 1.80. The number of hydrogen-bond donors (Lipinski definition) is 1. The molecule has 1 fully saturated rings. The number of amides is 1. The molecule has 20 heavy (non-hydrogen) atoms. The summed E-state index contributed by atoms with van der Waals surface area (Å²) in [5, 5.41) is 3.29. The molecule has 1 amide bonds. The van der Waals surface area contributed by atoms with E-state index >= 15 is 0 Å². The van der Waals surface area contributed by atoms with Crippen molar-refractivity contribution in [3.05, 3.63) is 35.9 Å². The normalized spacial score (nSPS) is 16.1. The van der Waals surface area contributed by atoms with E-state index in [0.717, 1.165) is 31.5 Å². The minimum absolute atomic E-state index is 0.0786. The van der Waals surface area contributed by atoms with E-state index in [-0.39, 0.29) is 18.6 Å². The van der Waals surface area contributed by atoms with Crippen molar-refractivity contribution in [2.75, 3.05) is 26.2 Å². The largest absolute Gasteiger partial charge is 0.368 e. The van der Waals surface area contributed by atoms with Crippen LogP contribution in [-0.4, -0.2) is 43.2 Å². The Bertz CT molecular complexity index is 402. The van der Waals surface area contributed by atoms with E-state index in [0.29, 0.717) is 13.1 Å². The summed E-state index contributed by atoms with van der Waals surface area (Å²) in [6.07, 6.45) is 2.23. The van der Waals surface area contributed by atoms with Crippen molar-refractivity contribution in [3.8, 4) is 0 Å². The molecule has 1 aliphatic rings. The van der Waals surface area contributed by atoms with Gasteiger partial charge in [0.25, 0.3) is 0 Å². The Balaban J connectivity index is 1.79. The summed E-state index contributed by atoms with van der Waals surface area (Å²) in [4.78, 5) is 14.1. The lowest BCUT2D eigenvalue weighted by molar-refractivity contribution is -0.139. The Labute approximate surface area is 121 Å².